The average molecular weight is 226 g/mol. The Labute approximate surface area is 95.3 Å². The number of ether oxygens (including phenoxy) is 1. The van der Waals surface area contributed by atoms with E-state index in [0.717, 1.165) is 6.42 Å². The lowest BCUT2D eigenvalue weighted by atomic mass is 9.95. The fourth-order valence-corrected chi connectivity index (χ4v) is 1.83. The summed E-state index contributed by atoms with van der Waals surface area (Å²) in [5.74, 6) is -1.35. The SMILES string of the molecule is CCCOC(=O)C=CC1(C(=O)O)CC1(C)C. The van der Waals surface area contributed by atoms with Gasteiger partial charge in [-0.05, 0) is 18.3 Å². The van der Waals surface area contributed by atoms with Crippen molar-refractivity contribution < 1.29 is 19.4 Å². The molecule has 1 N–H and O–H groups in total. The molecule has 1 fully saturated rings. The van der Waals surface area contributed by atoms with E-state index in [1.165, 1.54) is 12.2 Å². The van der Waals surface area contributed by atoms with Crippen LogP contribution in [0, 0.1) is 10.8 Å². The van der Waals surface area contributed by atoms with Crippen LogP contribution in [0.1, 0.15) is 33.6 Å². The highest BCUT2D eigenvalue weighted by molar-refractivity contribution is 5.87. The molecule has 0 spiro atoms. The minimum Gasteiger partial charge on any atom is -0.481 e. The Bertz CT molecular complexity index is 330. The first kappa shape index (κ1) is 12.7. The quantitative estimate of drug-likeness (QED) is 0.575. The molecule has 0 amide bonds. The van der Waals surface area contributed by atoms with E-state index in [-0.39, 0.29) is 5.41 Å². The molecule has 4 heteroatoms. The number of hydrogen-bond donors (Lipinski definition) is 1. The molecule has 90 valence electrons. The molecule has 1 aliphatic carbocycles. The van der Waals surface area contributed by atoms with Gasteiger partial charge in [-0.15, -0.1) is 0 Å². The molecular formula is C12H18O4. The van der Waals surface area contributed by atoms with Gasteiger partial charge >= 0.3 is 11.9 Å². The van der Waals surface area contributed by atoms with Gasteiger partial charge in [0.2, 0.25) is 0 Å². The smallest absolute Gasteiger partial charge is 0.330 e. The highest BCUT2D eigenvalue weighted by Crippen LogP contribution is 2.64. The molecule has 0 heterocycles. The first-order valence-electron chi connectivity index (χ1n) is 5.45. The summed E-state index contributed by atoms with van der Waals surface area (Å²) in [5.41, 5.74) is -1.17. The van der Waals surface area contributed by atoms with Crippen molar-refractivity contribution in [1.82, 2.24) is 0 Å². The maximum Gasteiger partial charge on any atom is 0.330 e. The zero-order valence-corrected chi connectivity index (χ0v) is 9.95. The van der Waals surface area contributed by atoms with Gasteiger partial charge in [-0.25, -0.2) is 4.79 Å². The van der Waals surface area contributed by atoms with Crippen LogP contribution in [0.5, 0.6) is 0 Å². The summed E-state index contributed by atoms with van der Waals surface area (Å²) < 4.78 is 4.84. The molecule has 4 nitrogen and oxygen atoms in total. The van der Waals surface area contributed by atoms with Crippen LogP contribution in [0.25, 0.3) is 0 Å². The standard InChI is InChI=1S/C12H18O4/c1-4-7-16-9(13)5-6-12(10(14)15)8-11(12,2)3/h5-6H,4,7-8H2,1-3H3,(H,14,15). The Hall–Kier alpha value is -1.32. The molecule has 0 aromatic rings. The highest BCUT2D eigenvalue weighted by atomic mass is 16.5. The Balaban J connectivity index is 2.62. The minimum absolute atomic E-state index is 0.277. The van der Waals surface area contributed by atoms with Crippen molar-refractivity contribution in [3.63, 3.8) is 0 Å². The van der Waals surface area contributed by atoms with E-state index in [1.54, 1.807) is 0 Å². The maximum atomic E-state index is 11.2. The predicted octanol–water partition coefficient (Wildman–Crippen LogP) is 2.00. The molecule has 0 saturated heterocycles. The summed E-state index contributed by atoms with van der Waals surface area (Å²) in [6, 6.07) is 0. The minimum atomic E-state index is -0.891. The van der Waals surface area contributed by atoms with Gasteiger partial charge in [-0.1, -0.05) is 26.8 Å². The normalized spacial score (nSPS) is 26.7. The van der Waals surface area contributed by atoms with Crippen LogP contribution >= 0.6 is 0 Å². The average Bonchev–Trinajstić information content (AvgIpc) is 2.76. The third-order valence-electron chi connectivity index (χ3n) is 3.14. The monoisotopic (exact) mass is 226 g/mol. The lowest BCUT2D eigenvalue weighted by Gasteiger charge is -2.09. The lowest BCUT2D eigenvalue weighted by molar-refractivity contribution is -0.142. The van der Waals surface area contributed by atoms with E-state index in [0.29, 0.717) is 13.0 Å². The van der Waals surface area contributed by atoms with Crippen LogP contribution in [0.15, 0.2) is 12.2 Å². The second-order valence-corrected chi connectivity index (χ2v) is 4.84. The van der Waals surface area contributed by atoms with Crippen molar-refractivity contribution in [2.75, 3.05) is 6.61 Å². The number of carbonyl (C=O) groups is 2. The van der Waals surface area contributed by atoms with Crippen LogP contribution in [-0.4, -0.2) is 23.7 Å². The number of carbonyl (C=O) groups excluding carboxylic acids is 1. The number of aliphatic carboxylic acids is 1. The Morgan fingerprint density at radius 2 is 2.00 bits per heavy atom. The summed E-state index contributed by atoms with van der Waals surface area (Å²) in [7, 11) is 0. The molecular weight excluding hydrogens is 208 g/mol. The van der Waals surface area contributed by atoms with Gasteiger partial charge in [0.1, 0.15) is 0 Å². The topological polar surface area (TPSA) is 63.6 Å². The summed E-state index contributed by atoms with van der Waals surface area (Å²) in [6.45, 7) is 6.03. The van der Waals surface area contributed by atoms with E-state index in [9.17, 15) is 9.59 Å². The maximum absolute atomic E-state index is 11.2. The number of hydrogen-bond acceptors (Lipinski definition) is 3. The first-order chi connectivity index (χ1) is 7.35. The number of carboxylic acid groups (broad SMARTS) is 1. The van der Waals surface area contributed by atoms with Gasteiger partial charge in [0.25, 0.3) is 0 Å². The van der Waals surface area contributed by atoms with Crippen molar-refractivity contribution in [2.45, 2.75) is 33.6 Å². The van der Waals surface area contributed by atoms with Gasteiger partial charge in [0.15, 0.2) is 0 Å². The zero-order valence-electron chi connectivity index (χ0n) is 9.95. The van der Waals surface area contributed by atoms with Gasteiger partial charge in [-0.2, -0.15) is 0 Å². The molecule has 0 bridgehead atoms. The van der Waals surface area contributed by atoms with Gasteiger partial charge in [-0.3, -0.25) is 4.79 Å². The molecule has 0 aliphatic heterocycles. The molecule has 16 heavy (non-hydrogen) atoms. The van der Waals surface area contributed by atoms with Crippen LogP contribution < -0.4 is 0 Å². The molecule has 1 atom stereocenters. The van der Waals surface area contributed by atoms with Crippen molar-refractivity contribution in [3.8, 4) is 0 Å². The summed E-state index contributed by atoms with van der Waals surface area (Å²) >= 11 is 0. The molecule has 0 radical (unpaired) electrons. The van der Waals surface area contributed by atoms with Gasteiger partial charge < -0.3 is 9.84 Å². The van der Waals surface area contributed by atoms with Crippen molar-refractivity contribution in [3.05, 3.63) is 12.2 Å². The lowest BCUT2D eigenvalue weighted by Crippen LogP contribution is -2.18. The fourth-order valence-electron chi connectivity index (χ4n) is 1.83. The molecule has 0 aromatic heterocycles. The van der Waals surface area contributed by atoms with Crippen molar-refractivity contribution in [2.24, 2.45) is 10.8 Å². The van der Waals surface area contributed by atoms with Gasteiger partial charge in [0.05, 0.1) is 12.0 Å². The van der Waals surface area contributed by atoms with Crippen LogP contribution in [-0.2, 0) is 14.3 Å². The number of carboxylic acids is 1. The number of esters is 1. The van der Waals surface area contributed by atoms with E-state index in [1.807, 2.05) is 20.8 Å². The second kappa shape index (κ2) is 4.28. The largest absolute Gasteiger partial charge is 0.481 e. The Morgan fingerprint density at radius 1 is 1.44 bits per heavy atom. The van der Waals surface area contributed by atoms with Gasteiger partial charge in [0, 0.05) is 6.08 Å². The third kappa shape index (κ3) is 2.26. The molecule has 0 aromatic carbocycles. The second-order valence-electron chi connectivity index (χ2n) is 4.84. The third-order valence-corrected chi connectivity index (χ3v) is 3.14. The van der Waals surface area contributed by atoms with Crippen LogP contribution in [0.3, 0.4) is 0 Å². The van der Waals surface area contributed by atoms with E-state index < -0.39 is 17.4 Å². The van der Waals surface area contributed by atoms with E-state index in [2.05, 4.69) is 0 Å². The van der Waals surface area contributed by atoms with Crippen molar-refractivity contribution >= 4 is 11.9 Å². The number of rotatable bonds is 5. The van der Waals surface area contributed by atoms with E-state index >= 15 is 0 Å². The first-order valence-corrected chi connectivity index (χ1v) is 5.45. The summed E-state index contributed by atoms with van der Waals surface area (Å²) in [5, 5.41) is 9.12. The van der Waals surface area contributed by atoms with E-state index in [4.69, 9.17) is 9.84 Å². The van der Waals surface area contributed by atoms with Crippen LogP contribution in [0.2, 0.25) is 0 Å². The molecule has 1 rings (SSSR count). The van der Waals surface area contributed by atoms with Crippen molar-refractivity contribution in [1.29, 1.82) is 0 Å². The van der Waals surface area contributed by atoms with Crippen LogP contribution in [0.4, 0.5) is 0 Å². The molecule has 1 saturated carbocycles. The Kier molecular flexibility index (Phi) is 3.41. The highest BCUT2D eigenvalue weighted by Gasteiger charge is 2.65. The molecule has 1 aliphatic rings. The zero-order chi connectivity index (χ0) is 12.4. The summed E-state index contributed by atoms with van der Waals surface area (Å²) in [4.78, 5) is 22.3. The molecule has 1 unspecified atom stereocenters. The summed E-state index contributed by atoms with van der Waals surface area (Å²) in [6.07, 6.45) is 4.02. The predicted molar refractivity (Wildman–Crippen MR) is 58.9 cm³/mol. The Morgan fingerprint density at radius 3 is 2.38 bits per heavy atom. The fraction of sp³-hybridized carbons (Fsp3) is 0.667.